The van der Waals surface area contributed by atoms with Crippen LogP contribution >= 0.6 is 0 Å². The van der Waals surface area contributed by atoms with E-state index in [1.165, 1.54) is 7.11 Å². The van der Waals surface area contributed by atoms with Gasteiger partial charge in [0.15, 0.2) is 11.2 Å². The van der Waals surface area contributed by atoms with Gasteiger partial charge in [0, 0.05) is 7.11 Å². The summed E-state index contributed by atoms with van der Waals surface area (Å²) in [6.07, 6.45) is -1.84. The highest BCUT2D eigenvalue weighted by Crippen LogP contribution is 2.28. The summed E-state index contributed by atoms with van der Waals surface area (Å²) < 4.78 is 20.6. The third-order valence-electron chi connectivity index (χ3n) is 3.27. The number of aliphatic hydroxyl groups is 2. The van der Waals surface area contributed by atoms with E-state index < -0.39 is 30.2 Å². The number of alkyl halides is 1. The Morgan fingerprint density at radius 3 is 2.90 bits per heavy atom. The molecule has 5 N–H and O–H groups in total. The van der Waals surface area contributed by atoms with Crippen LogP contribution in [0, 0.1) is 0 Å². The molecular weight excluding hydrogens is 285 g/mol. The largest absolute Gasteiger partial charge is 0.394 e. The molecule has 3 atom stereocenters. The second kappa shape index (κ2) is 5.39. The zero-order chi connectivity index (χ0) is 15.8. The van der Waals surface area contributed by atoms with Gasteiger partial charge >= 0.3 is 0 Å². The first-order valence-electron chi connectivity index (χ1n) is 6.06. The fourth-order valence-electron chi connectivity index (χ4n) is 2.03. The Balaban J connectivity index is 2.57. The van der Waals surface area contributed by atoms with E-state index in [2.05, 4.69) is 15.0 Å². The molecule has 116 valence electrons. The van der Waals surface area contributed by atoms with Crippen molar-refractivity contribution >= 4 is 17.1 Å². The number of fused-ring (bicyclic) bond motifs is 1. The maximum Gasteiger partial charge on any atom is 0.280 e. The number of aromatic amines is 1. The van der Waals surface area contributed by atoms with Gasteiger partial charge in [-0.2, -0.15) is 4.98 Å². The van der Waals surface area contributed by atoms with Gasteiger partial charge in [-0.05, 0) is 6.92 Å². The first-order valence-corrected chi connectivity index (χ1v) is 6.06. The number of aliphatic hydroxyl groups excluding tert-OH is 2. The summed E-state index contributed by atoms with van der Waals surface area (Å²) in [5, 5.41) is 19.1. The standard InChI is InChI=1S/C11H16FN5O4/c1-11(12,7(19)5(3-18)21-2)17-4-14-6-8(17)15-10(13)16-9(6)20/h4-5,7,18-19H,3H2,1-2H3,(H3,13,15,16,20). The van der Waals surface area contributed by atoms with Crippen LogP contribution in [0.5, 0.6) is 0 Å². The molecule has 2 aromatic heterocycles. The second-order valence-electron chi connectivity index (χ2n) is 4.66. The molecule has 0 fully saturated rings. The molecule has 0 aliphatic carbocycles. The van der Waals surface area contributed by atoms with Crippen LogP contribution in [0.2, 0.25) is 0 Å². The monoisotopic (exact) mass is 301 g/mol. The van der Waals surface area contributed by atoms with Crippen molar-refractivity contribution in [3.05, 3.63) is 16.7 Å². The number of nitrogens with two attached hydrogens (primary N) is 1. The fourth-order valence-corrected chi connectivity index (χ4v) is 2.03. The highest BCUT2D eigenvalue weighted by Gasteiger charge is 2.41. The molecule has 0 bridgehead atoms. The zero-order valence-corrected chi connectivity index (χ0v) is 11.4. The summed E-state index contributed by atoms with van der Waals surface area (Å²) >= 11 is 0. The number of rotatable bonds is 5. The lowest BCUT2D eigenvalue weighted by atomic mass is 10.0. The molecule has 0 spiro atoms. The molecular formula is C11H16FN5O4. The number of hydrogen-bond donors (Lipinski definition) is 4. The molecule has 9 nitrogen and oxygen atoms in total. The highest BCUT2D eigenvalue weighted by atomic mass is 19.1. The van der Waals surface area contributed by atoms with Gasteiger partial charge in [0.2, 0.25) is 11.7 Å². The molecule has 2 rings (SSSR count). The number of ether oxygens (including phenoxy) is 1. The minimum Gasteiger partial charge on any atom is -0.394 e. The van der Waals surface area contributed by atoms with Gasteiger partial charge < -0.3 is 20.7 Å². The molecule has 0 amide bonds. The molecule has 0 aliphatic heterocycles. The summed E-state index contributed by atoms with van der Waals surface area (Å²) in [5.41, 5.74) is 4.58. The van der Waals surface area contributed by atoms with Crippen LogP contribution in [0.1, 0.15) is 6.92 Å². The Hall–Kier alpha value is -2.04. The first-order chi connectivity index (χ1) is 9.82. The van der Waals surface area contributed by atoms with Gasteiger partial charge in [0.05, 0.1) is 12.9 Å². The second-order valence-corrected chi connectivity index (χ2v) is 4.66. The maximum atomic E-state index is 15.0. The predicted octanol–water partition coefficient (Wildman–Crippen LogP) is -1.29. The number of aromatic nitrogens is 4. The van der Waals surface area contributed by atoms with Gasteiger partial charge in [0.1, 0.15) is 12.2 Å². The van der Waals surface area contributed by atoms with Crippen LogP contribution in [-0.4, -0.2) is 55.7 Å². The normalized spacial score (nSPS) is 17.6. The van der Waals surface area contributed by atoms with Crippen LogP contribution in [0.4, 0.5) is 10.3 Å². The van der Waals surface area contributed by atoms with Gasteiger partial charge in [-0.3, -0.25) is 14.3 Å². The van der Waals surface area contributed by atoms with E-state index in [1.54, 1.807) is 0 Å². The van der Waals surface area contributed by atoms with Crippen molar-refractivity contribution in [1.29, 1.82) is 0 Å². The molecule has 10 heteroatoms. The van der Waals surface area contributed by atoms with E-state index in [4.69, 9.17) is 15.6 Å². The maximum absolute atomic E-state index is 15.0. The van der Waals surface area contributed by atoms with Crippen LogP contribution in [0.15, 0.2) is 11.1 Å². The number of hydrogen-bond acceptors (Lipinski definition) is 7. The molecule has 21 heavy (non-hydrogen) atoms. The minimum atomic E-state index is -2.43. The lowest BCUT2D eigenvalue weighted by Crippen LogP contribution is -2.47. The molecule has 0 radical (unpaired) electrons. The lowest BCUT2D eigenvalue weighted by Gasteiger charge is -2.31. The number of imidazole rings is 1. The zero-order valence-electron chi connectivity index (χ0n) is 11.4. The third-order valence-corrected chi connectivity index (χ3v) is 3.27. The van der Waals surface area contributed by atoms with Gasteiger partial charge in [-0.25, -0.2) is 9.37 Å². The Labute approximate surface area is 118 Å². The predicted molar refractivity (Wildman–Crippen MR) is 71.2 cm³/mol. The quantitative estimate of drug-likeness (QED) is 0.539. The van der Waals surface area contributed by atoms with E-state index in [9.17, 15) is 14.3 Å². The molecule has 3 unspecified atom stereocenters. The summed E-state index contributed by atoms with van der Waals surface area (Å²) in [7, 11) is 1.23. The minimum absolute atomic E-state index is 0.113. The topological polar surface area (TPSA) is 139 Å². The number of H-pyrrole nitrogens is 1. The number of anilines is 1. The van der Waals surface area contributed by atoms with Gasteiger partial charge in [-0.15, -0.1) is 0 Å². The van der Waals surface area contributed by atoms with E-state index in [1.807, 2.05) is 0 Å². The van der Waals surface area contributed by atoms with Gasteiger partial charge in [0.25, 0.3) is 5.56 Å². The van der Waals surface area contributed by atoms with E-state index >= 15 is 0 Å². The van der Waals surface area contributed by atoms with Crippen molar-refractivity contribution in [3.8, 4) is 0 Å². The summed E-state index contributed by atoms with van der Waals surface area (Å²) in [5.74, 6) is -2.63. The number of nitrogens with one attached hydrogen (secondary N) is 1. The van der Waals surface area contributed by atoms with E-state index in [-0.39, 0.29) is 17.1 Å². The Bertz CT molecular complexity index is 693. The smallest absolute Gasteiger partial charge is 0.280 e. The summed E-state index contributed by atoms with van der Waals surface area (Å²) in [6.45, 7) is 0.472. The van der Waals surface area contributed by atoms with E-state index in [0.717, 1.165) is 17.8 Å². The SMILES string of the molecule is COC(CO)C(O)C(C)(F)n1cnc2c(=O)[nH]c(N)nc21. The molecule has 0 aliphatic rings. The molecule has 2 aromatic rings. The van der Waals surface area contributed by atoms with Crippen molar-refractivity contribution in [2.75, 3.05) is 19.5 Å². The van der Waals surface area contributed by atoms with Gasteiger partial charge in [-0.1, -0.05) is 0 Å². The average molecular weight is 301 g/mol. The van der Waals surface area contributed by atoms with Crippen molar-refractivity contribution in [3.63, 3.8) is 0 Å². The first kappa shape index (κ1) is 15.4. The molecule has 2 heterocycles. The lowest BCUT2D eigenvalue weighted by molar-refractivity contribution is -0.135. The fraction of sp³-hybridized carbons (Fsp3) is 0.545. The molecule has 0 saturated heterocycles. The van der Waals surface area contributed by atoms with Crippen LogP contribution < -0.4 is 11.3 Å². The number of nitrogens with zero attached hydrogens (tertiary/aromatic N) is 3. The van der Waals surface area contributed by atoms with E-state index in [0.29, 0.717) is 0 Å². The average Bonchev–Trinajstić information content (AvgIpc) is 2.84. The van der Waals surface area contributed by atoms with Crippen molar-refractivity contribution < 1.29 is 19.3 Å². The number of nitrogen functional groups attached to an aromatic ring is 1. The number of methoxy groups -OCH3 is 1. The molecule has 0 saturated carbocycles. The Morgan fingerprint density at radius 2 is 2.33 bits per heavy atom. The summed E-state index contributed by atoms with van der Waals surface area (Å²) in [4.78, 5) is 21.5. The van der Waals surface area contributed by atoms with Crippen molar-refractivity contribution in [2.45, 2.75) is 24.9 Å². The van der Waals surface area contributed by atoms with Crippen LogP contribution in [0.3, 0.4) is 0 Å². The third kappa shape index (κ3) is 2.48. The highest BCUT2D eigenvalue weighted by molar-refractivity contribution is 5.70. The van der Waals surface area contributed by atoms with Crippen LogP contribution in [-0.2, 0) is 10.5 Å². The summed E-state index contributed by atoms with van der Waals surface area (Å²) in [6, 6.07) is 0. The molecule has 0 aromatic carbocycles. The Morgan fingerprint density at radius 1 is 1.67 bits per heavy atom. The number of halogens is 1. The van der Waals surface area contributed by atoms with Crippen LogP contribution in [0.25, 0.3) is 11.2 Å². The van der Waals surface area contributed by atoms with Crippen molar-refractivity contribution in [2.24, 2.45) is 0 Å². The Kier molecular flexibility index (Phi) is 3.94. The van der Waals surface area contributed by atoms with Crippen molar-refractivity contribution in [1.82, 2.24) is 19.5 Å².